The van der Waals surface area contributed by atoms with Crippen LogP contribution < -0.4 is 21.3 Å². The van der Waals surface area contributed by atoms with Gasteiger partial charge >= 0.3 is 52.2 Å². The molecule has 0 aliphatic heterocycles. The van der Waals surface area contributed by atoms with E-state index < -0.39 is 18.0 Å². The summed E-state index contributed by atoms with van der Waals surface area (Å²) in [6.45, 7) is 0. The summed E-state index contributed by atoms with van der Waals surface area (Å²) in [6.07, 6.45) is 34.0. The van der Waals surface area contributed by atoms with Crippen molar-refractivity contribution in [2.45, 2.75) is 0 Å². The summed E-state index contributed by atoms with van der Waals surface area (Å²) in [5, 5.41) is 19.6. The Morgan fingerprint density at radius 2 is 0.769 bits per heavy atom. The van der Waals surface area contributed by atoms with Crippen molar-refractivity contribution >= 4 is 29.4 Å². The van der Waals surface area contributed by atoms with Crippen molar-refractivity contribution in [3.8, 4) is 0 Å². The summed E-state index contributed by atoms with van der Waals surface area (Å²) in [6, 6.07) is 4.21. The van der Waals surface area contributed by atoms with Gasteiger partial charge < -0.3 is 26.4 Å². The molecule has 4 amide bonds. The molecule has 4 saturated carbocycles. The molecule has 4 fully saturated rings. The molecule has 8 nitrogen and oxygen atoms in total. The molecule has 39 heavy (non-hydrogen) atoms. The van der Waals surface area contributed by atoms with Crippen LogP contribution in [0.3, 0.4) is 0 Å². The Labute approximate surface area is 254 Å². The summed E-state index contributed by atoms with van der Waals surface area (Å²) in [4.78, 5) is 35.4. The number of carboxylic acids is 1. The van der Waals surface area contributed by atoms with Gasteiger partial charge in [0.2, 0.25) is 0 Å². The molecule has 20 radical (unpaired) electrons. The van der Waals surface area contributed by atoms with Gasteiger partial charge in [0.1, 0.15) is 0 Å². The molecular formula is C29H26Fe2N4O4+4. The average Bonchev–Trinajstić information content (AvgIpc) is 3.69. The summed E-state index contributed by atoms with van der Waals surface area (Å²) in [7, 11) is 0. The van der Waals surface area contributed by atoms with Crippen LogP contribution in [0.1, 0.15) is 10.4 Å². The Morgan fingerprint density at radius 3 is 1.05 bits per heavy atom. The van der Waals surface area contributed by atoms with Crippen LogP contribution in [-0.2, 0) is 34.1 Å². The van der Waals surface area contributed by atoms with Gasteiger partial charge in [-0.25, -0.2) is 14.4 Å². The van der Waals surface area contributed by atoms with Gasteiger partial charge in [0.25, 0.3) is 0 Å². The topological polar surface area (TPSA) is 120 Å². The smallest absolute Gasteiger partial charge is 0.478 e. The molecule has 10 heteroatoms. The average molecular weight is 606 g/mol. The zero-order valence-corrected chi connectivity index (χ0v) is 22.7. The number of aromatic carboxylic acids is 1. The molecule has 5 N–H and O–H groups in total. The van der Waals surface area contributed by atoms with Crippen molar-refractivity contribution in [3.63, 3.8) is 0 Å². The quantitative estimate of drug-likeness (QED) is 0.320. The molecule has 0 bridgehead atoms. The van der Waals surface area contributed by atoms with Crippen LogP contribution in [0.15, 0.2) is 18.2 Å². The number of hydrogen-bond acceptors (Lipinski definition) is 3. The maximum atomic E-state index is 12.0. The molecule has 4 aliphatic carbocycles. The van der Waals surface area contributed by atoms with Crippen molar-refractivity contribution in [1.29, 1.82) is 0 Å². The number of carbonyl (C=O) groups is 3. The van der Waals surface area contributed by atoms with Gasteiger partial charge in [-0.2, -0.15) is 0 Å². The summed E-state index contributed by atoms with van der Waals surface area (Å²) < 4.78 is 0. The van der Waals surface area contributed by atoms with Gasteiger partial charge in [-0.3, -0.25) is 0 Å². The molecule has 0 saturated heterocycles. The standard InChI is InChI=1S/C19H16N4O4.2C5H5.2Fe/c24-17(25)12-9-15(22-18(26)20-13-5-1-2-6-13)11-16(10-12)23-19(27)21-14-7-3-4-8-14;2*1-2-4-5-3-1;;/h1-11H,(H,24,25)(H2,20,22,26)(H2,21,23,27);2*1-5H;;/q;;;2*+2. The second kappa shape index (κ2) is 20.2. The maximum absolute atomic E-state index is 12.0. The van der Waals surface area contributed by atoms with E-state index in [-0.39, 0.29) is 51.1 Å². The van der Waals surface area contributed by atoms with Gasteiger partial charge in [0.05, 0.1) is 17.6 Å². The van der Waals surface area contributed by atoms with Gasteiger partial charge in [-0.05, 0) is 134 Å². The molecule has 0 spiro atoms. The van der Waals surface area contributed by atoms with Crippen molar-refractivity contribution in [1.82, 2.24) is 10.6 Å². The Hall–Kier alpha value is -1.73. The van der Waals surface area contributed by atoms with Crippen molar-refractivity contribution in [2.24, 2.45) is 0 Å². The third-order valence-electron chi connectivity index (χ3n) is 4.65. The fourth-order valence-corrected chi connectivity index (χ4v) is 3.04. The minimum Gasteiger partial charge on any atom is -0.478 e. The van der Waals surface area contributed by atoms with E-state index in [1.807, 2.05) is 64.2 Å². The largest absolute Gasteiger partial charge is 2.00 e. The van der Waals surface area contributed by atoms with Gasteiger partial charge in [0.15, 0.2) is 0 Å². The van der Waals surface area contributed by atoms with E-state index in [1.54, 1.807) is 51.4 Å². The van der Waals surface area contributed by atoms with Crippen molar-refractivity contribution in [3.05, 3.63) is 151 Å². The third kappa shape index (κ3) is 14.5. The van der Waals surface area contributed by atoms with Crippen LogP contribution in [0.25, 0.3) is 0 Å². The van der Waals surface area contributed by atoms with E-state index in [2.05, 4.69) is 21.3 Å². The van der Waals surface area contributed by atoms with Crippen molar-refractivity contribution < 1.29 is 53.6 Å². The molecule has 0 aromatic heterocycles. The first kappa shape index (κ1) is 35.3. The normalized spacial score (nSPS) is 18.3. The first-order valence-electron chi connectivity index (χ1n) is 11.3. The molecule has 4 aliphatic rings. The predicted molar refractivity (Wildman–Crippen MR) is 142 cm³/mol. The molecule has 0 unspecified atom stereocenters. The Bertz CT molecular complexity index is 791. The number of carboxylic acid groups (broad SMARTS) is 1. The molecule has 198 valence electrons. The second-order valence-corrected chi connectivity index (χ2v) is 7.53. The molecule has 5 rings (SSSR count). The predicted octanol–water partition coefficient (Wildman–Crippen LogP) is 4.39. The number of benzene rings is 1. The van der Waals surface area contributed by atoms with E-state index in [1.165, 1.54) is 18.2 Å². The molecule has 0 heterocycles. The van der Waals surface area contributed by atoms with E-state index in [9.17, 15) is 19.5 Å². The number of nitrogens with one attached hydrogen (secondary N) is 4. The SMILES string of the molecule is O=C(N[C]1[CH][CH][CH][CH]1)Nc1cc(NC(=O)N[C]2[CH][CH][CH][CH]2)cc(C(=O)O)c1.[CH]1[CH][CH][CH][CH]1.[CH]1[CH][CH][CH][CH]1.[Fe+2].[Fe+2]. The summed E-state index contributed by atoms with van der Waals surface area (Å²) in [5.74, 6) is -1.19. The Kier molecular flexibility index (Phi) is 18.3. The monoisotopic (exact) mass is 606 g/mol. The van der Waals surface area contributed by atoms with Crippen LogP contribution in [0.4, 0.5) is 21.0 Å². The van der Waals surface area contributed by atoms with E-state index in [4.69, 9.17) is 0 Å². The Morgan fingerprint density at radius 1 is 0.462 bits per heavy atom. The number of hydrogen-bond donors (Lipinski definition) is 5. The van der Waals surface area contributed by atoms with E-state index in [0.717, 1.165) is 0 Å². The number of carbonyl (C=O) groups excluding carboxylic acids is 2. The van der Waals surface area contributed by atoms with E-state index in [0.29, 0.717) is 12.1 Å². The van der Waals surface area contributed by atoms with Crippen molar-refractivity contribution in [2.75, 3.05) is 10.6 Å². The second-order valence-electron chi connectivity index (χ2n) is 7.53. The Balaban J connectivity index is 0.000000529. The van der Waals surface area contributed by atoms with Gasteiger partial charge in [-0.15, -0.1) is 0 Å². The first-order valence-corrected chi connectivity index (χ1v) is 11.3. The molecule has 0 atom stereocenters. The maximum Gasteiger partial charge on any atom is 2.00 e. The summed E-state index contributed by atoms with van der Waals surface area (Å²) >= 11 is 0. The van der Waals surface area contributed by atoms with E-state index >= 15 is 0 Å². The third-order valence-corrected chi connectivity index (χ3v) is 4.65. The van der Waals surface area contributed by atoms with Crippen LogP contribution in [-0.4, -0.2) is 23.1 Å². The fraction of sp³-hybridized carbons (Fsp3) is 0. The van der Waals surface area contributed by atoms with Crippen LogP contribution in [0.2, 0.25) is 0 Å². The van der Waals surface area contributed by atoms with Crippen LogP contribution in [0.5, 0.6) is 0 Å². The van der Waals surface area contributed by atoms with Crippen LogP contribution >= 0.6 is 0 Å². The summed E-state index contributed by atoms with van der Waals surface area (Å²) in [5.41, 5.74) is 0.370. The zero-order valence-electron chi connectivity index (χ0n) is 20.5. The fourth-order valence-electron chi connectivity index (χ4n) is 3.04. The number of rotatable bonds is 5. The minimum absolute atomic E-state index is 0. The molecule has 1 aromatic carbocycles. The first-order chi connectivity index (χ1) is 18.0. The zero-order chi connectivity index (χ0) is 26.3. The number of urea groups is 2. The van der Waals surface area contributed by atoms with Gasteiger partial charge in [-0.1, -0.05) is 0 Å². The van der Waals surface area contributed by atoms with Crippen LogP contribution in [0, 0.1) is 128 Å². The molecular weight excluding hydrogens is 580 g/mol. The minimum atomic E-state index is -1.19. The van der Waals surface area contributed by atoms with Gasteiger partial charge in [0, 0.05) is 11.4 Å². The molecule has 1 aromatic rings. The number of anilines is 2. The number of amides is 4.